The monoisotopic (exact) mass is 306 g/mol. The Morgan fingerprint density at radius 2 is 1.19 bits per heavy atom. The van der Waals surface area contributed by atoms with Crippen LogP contribution in [-0.4, -0.2) is 58.3 Å². The van der Waals surface area contributed by atoms with Gasteiger partial charge in [0.15, 0.2) is 0 Å². The molecular formula is C12H26N4O5. The van der Waals surface area contributed by atoms with E-state index in [9.17, 15) is 14.4 Å². The van der Waals surface area contributed by atoms with Crippen molar-refractivity contribution in [3.63, 3.8) is 0 Å². The molecule has 8 N–H and O–H groups in total. The van der Waals surface area contributed by atoms with Crippen molar-refractivity contribution in [2.24, 2.45) is 17.2 Å². The van der Waals surface area contributed by atoms with Crippen molar-refractivity contribution in [3.8, 4) is 0 Å². The molecule has 0 radical (unpaired) electrons. The van der Waals surface area contributed by atoms with E-state index in [0.29, 0.717) is 0 Å². The molecule has 1 aliphatic heterocycles. The van der Waals surface area contributed by atoms with Crippen molar-refractivity contribution in [3.05, 3.63) is 0 Å². The lowest BCUT2D eigenvalue weighted by Gasteiger charge is -2.24. The molecule has 0 unspecified atom stereocenters. The molecule has 2 atom stereocenters. The number of carboxylic acid groups (broad SMARTS) is 2. The number of nitrogens with zero attached hydrogens (tertiary/aromatic N) is 1. The van der Waals surface area contributed by atoms with Crippen LogP contribution in [0.3, 0.4) is 0 Å². The molecule has 21 heavy (non-hydrogen) atoms. The summed E-state index contributed by atoms with van der Waals surface area (Å²) in [5, 5.41) is 15.7. The third-order valence-corrected chi connectivity index (χ3v) is 2.45. The van der Waals surface area contributed by atoms with Crippen LogP contribution in [0.1, 0.15) is 33.1 Å². The smallest absolute Gasteiger partial charge is 0.320 e. The van der Waals surface area contributed by atoms with Gasteiger partial charge in [0.2, 0.25) is 0 Å². The number of carbonyl (C=O) groups is 3. The second-order valence-corrected chi connectivity index (χ2v) is 4.64. The van der Waals surface area contributed by atoms with Gasteiger partial charge in [0, 0.05) is 13.1 Å². The van der Waals surface area contributed by atoms with Crippen LogP contribution in [-0.2, 0) is 9.59 Å². The van der Waals surface area contributed by atoms with Gasteiger partial charge >= 0.3 is 18.0 Å². The number of likely N-dealkylation sites (tertiary alicyclic amines) is 1. The maximum atomic E-state index is 10.5. The van der Waals surface area contributed by atoms with Gasteiger partial charge in [0.25, 0.3) is 0 Å². The Morgan fingerprint density at radius 1 is 0.905 bits per heavy atom. The van der Waals surface area contributed by atoms with E-state index in [4.69, 9.17) is 27.4 Å². The van der Waals surface area contributed by atoms with E-state index in [-0.39, 0.29) is 6.03 Å². The third kappa shape index (κ3) is 14.4. The van der Waals surface area contributed by atoms with Crippen LogP contribution in [0, 0.1) is 0 Å². The predicted molar refractivity (Wildman–Crippen MR) is 77.6 cm³/mol. The van der Waals surface area contributed by atoms with Crippen LogP contribution in [0.2, 0.25) is 0 Å². The van der Waals surface area contributed by atoms with Gasteiger partial charge in [0.1, 0.15) is 12.1 Å². The molecule has 1 rings (SSSR count). The Morgan fingerprint density at radius 3 is 1.33 bits per heavy atom. The fourth-order valence-electron chi connectivity index (χ4n) is 1.11. The fourth-order valence-corrected chi connectivity index (χ4v) is 1.11. The van der Waals surface area contributed by atoms with Gasteiger partial charge < -0.3 is 32.3 Å². The van der Waals surface area contributed by atoms with E-state index in [1.807, 2.05) is 0 Å². The highest BCUT2D eigenvalue weighted by Crippen LogP contribution is 2.07. The minimum atomic E-state index is -0.963. The highest BCUT2D eigenvalue weighted by molar-refractivity contribution is 5.72. The highest BCUT2D eigenvalue weighted by Gasteiger charge is 2.11. The lowest BCUT2D eigenvalue weighted by atomic mass is 10.1. The molecule has 1 heterocycles. The zero-order valence-electron chi connectivity index (χ0n) is 12.5. The van der Waals surface area contributed by atoms with Crippen LogP contribution in [0.5, 0.6) is 0 Å². The molecule has 1 saturated heterocycles. The van der Waals surface area contributed by atoms with E-state index >= 15 is 0 Å². The summed E-state index contributed by atoms with van der Waals surface area (Å²) in [4.78, 5) is 31.3. The molecule has 9 heteroatoms. The molecule has 0 spiro atoms. The second kappa shape index (κ2) is 11.9. The summed E-state index contributed by atoms with van der Waals surface area (Å²) >= 11 is 0. The van der Waals surface area contributed by atoms with Crippen molar-refractivity contribution < 1.29 is 24.6 Å². The van der Waals surface area contributed by atoms with E-state index in [2.05, 4.69) is 0 Å². The molecule has 0 aliphatic carbocycles. The fraction of sp³-hybridized carbons (Fsp3) is 0.750. The van der Waals surface area contributed by atoms with Gasteiger partial charge in [-0.2, -0.15) is 0 Å². The van der Waals surface area contributed by atoms with Gasteiger partial charge in [-0.1, -0.05) is 0 Å². The zero-order valence-corrected chi connectivity index (χ0v) is 12.5. The maximum absolute atomic E-state index is 10.5. The van der Waals surface area contributed by atoms with Gasteiger partial charge in [0.05, 0.1) is 0 Å². The van der Waals surface area contributed by atoms with Crippen molar-refractivity contribution in [1.82, 2.24) is 4.90 Å². The number of rotatable bonds is 2. The Kier molecular flexibility index (Phi) is 12.2. The first-order valence-corrected chi connectivity index (χ1v) is 6.60. The molecule has 0 aromatic rings. The third-order valence-electron chi connectivity index (χ3n) is 2.45. The average molecular weight is 306 g/mol. The van der Waals surface area contributed by atoms with Gasteiger partial charge in [-0.05, 0) is 33.1 Å². The molecule has 1 aliphatic rings. The lowest BCUT2D eigenvalue weighted by molar-refractivity contribution is -0.139. The first kappa shape index (κ1) is 21.4. The minimum Gasteiger partial charge on any atom is -0.480 e. The molecule has 9 nitrogen and oxygen atoms in total. The Balaban J connectivity index is 0. The summed E-state index contributed by atoms with van der Waals surface area (Å²) in [5.41, 5.74) is 14.7. The first-order chi connectivity index (χ1) is 9.59. The zero-order chi connectivity index (χ0) is 17.0. The highest BCUT2D eigenvalue weighted by atomic mass is 16.4. The number of nitrogens with two attached hydrogens (primary N) is 3. The number of carbonyl (C=O) groups excluding carboxylic acids is 1. The summed E-state index contributed by atoms with van der Waals surface area (Å²) < 4.78 is 0. The SMILES string of the molecule is C[C@H](N)C(=O)O.C[C@H](N)C(=O)O.NC(=O)N1CCCCC1. The van der Waals surface area contributed by atoms with Gasteiger partial charge in [-0.15, -0.1) is 0 Å². The number of carboxylic acids is 2. The normalized spacial score (nSPS) is 16.3. The van der Waals surface area contributed by atoms with E-state index in [1.54, 1.807) is 4.90 Å². The van der Waals surface area contributed by atoms with Crippen molar-refractivity contribution in [2.75, 3.05) is 13.1 Å². The maximum Gasteiger partial charge on any atom is 0.320 e. The van der Waals surface area contributed by atoms with Crippen LogP contribution < -0.4 is 17.2 Å². The van der Waals surface area contributed by atoms with Crippen LogP contribution in [0.15, 0.2) is 0 Å². The van der Waals surface area contributed by atoms with E-state index < -0.39 is 24.0 Å². The van der Waals surface area contributed by atoms with Crippen molar-refractivity contribution in [1.29, 1.82) is 0 Å². The molecule has 2 amide bonds. The number of piperidine rings is 1. The number of hydrogen-bond donors (Lipinski definition) is 5. The van der Waals surface area contributed by atoms with Crippen molar-refractivity contribution in [2.45, 2.75) is 45.2 Å². The molecule has 1 fully saturated rings. The quantitative estimate of drug-likeness (QED) is 0.452. The first-order valence-electron chi connectivity index (χ1n) is 6.60. The topological polar surface area (TPSA) is 173 Å². The van der Waals surface area contributed by atoms with Crippen LogP contribution in [0.4, 0.5) is 4.79 Å². The van der Waals surface area contributed by atoms with E-state index in [0.717, 1.165) is 25.9 Å². The van der Waals surface area contributed by atoms with Crippen LogP contribution >= 0.6 is 0 Å². The number of primary amides is 1. The van der Waals surface area contributed by atoms with Gasteiger partial charge in [-0.25, -0.2) is 4.79 Å². The number of aliphatic carboxylic acids is 2. The molecule has 124 valence electrons. The average Bonchev–Trinajstić information content (AvgIpc) is 2.40. The molecule has 0 aromatic heterocycles. The summed E-state index contributed by atoms with van der Waals surface area (Å²) in [5.74, 6) is -1.93. The lowest BCUT2D eigenvalue weighted by Crippen LogP contribution is -2.39. The summed E-state index contributed by atoms with van der Waals surface area (Å²) in [6.45, 7) is 4.55. The van der Waals surface area contributed by atoms with Crippen molar-refractivity contribution >= 4 is 18.0 Å². The largest absolute Gasteiger partial charge is 0.480 e. The molecule has 0 aromatic carbocycles. The number of urea groups is 1. The minimum absolute atomic E-state index is 0.269. The molecule has 0 saturated carbocycles. The summed E-state index contributed by atoms with van der Waals surface area (Å²) in [6, 6.07) is -1.73. The predicted octanol–water partition coefficient (Wildman–Crippen LogP) is -0.613. The van der Waals surface area contributed by atoms with E-state index in [1.165, 1.54) is 20.3 Å². The van der Waals surface area contributed by atoms with Crippen LogP contribution in [0.25, 0.3) is 0 Å². The Hall–Kier alpha value is -1.87. The Labute approximate surface area is 124 Å². The number of hydrogen-bond acceptors (Lipinski definition) is 5. The Bertz CT molecular complexity index is 310. The second-order valence-electron chi connectivity index (χ2n) is 4.64. The molecular weight excluding hydrogens is 280 g/mol. The number of amides is 2. The molecule has 0 bridgehead atoms. The summed E-state index contributed by atoms with van der Waals surface area (Å²) in [7, 11) is 0. The summed E-state index contributed by atoms with van der Waals surface area (Å²) in [6.07, 6.45) is 3.47. The standard InChI is InChI=1S/C6H12N2O.2C3H7NO2/c7-6(9)8-4-2-1-3-5-8;2*1-2(4)3(5)6/h1-5H2,(H2,7,9);2*2H,4H2,1H3,(H,5,6)/t;2*2-/m.00/s1. The van der Waals surface area contributed by atoms with Gasteiger partial charge in [-0.3, -0.25) is 9.59 Å².